The molecular formula is C15H25NO. The number of aliphatic hydroxyl groups excluding tert-OH is 1. The van der Waals surface area contributed by atoms with Crippen molar-refractivity contribution in [1.29, 1.82) is 0 Å². The van der Waals surface area contributed by atoms with Gasteiger partial charge in [-0.3, -0.25) is 5.32 Å². The first-order valence-electron chi connectivity index (χ1n) is 6.28. The molecule has 2 heteroatoms. The minimum Gasteiger partial charge on any atom is -0.381 e. The van der Waals surface area contributed by atoms with Gasteiger partial charge in [0.2, 0.25) is 0 Å². The fourth-order valence-electron chi connectivity index (χ4n) is 2.11. The van der Waals surface area contributed by atoms with Gasteiger partial charge < -0.3 is 5.11 Å². The van der Waals surface area contributed by atoms with Crippen LogP contribution in [-0.2, 0) is 11.8 Å². The quantitative estimate of drug-likeness (QED) is 0.621. The summed E-state index contributed by atoms with van der Waals surface area (Å²) >= 11 is 0. The summed E-state index contributed by atoms with van der Waals surface area (Å²) in [7, 11) is 0. The van der Waals surface area contributed by atoms with Crippen molar-refractivity contribution in [2.24, 2.45) is 0 Å². The maximum Gasteiger partial charge on any atom is 0.0931 e. The van der Waals surface area contributed by atoms with Gasteiger partial charge in [-0.1, -0.05) is 32.9 Å². The number of rotatable bonds is 4. The number of hydrogen-bond acceptors (Lipinski definition) is 2. The molecule has 1 rings (SSSR count). The van der Waals surface area contributed by atoms with Gasteiger partial charge in [0.1, 0.15) is 0 Å². The smallest absolute Gasteiger partial charge is 0.0931 e. The van der Waals surface area contributed by atoms with E-state index in [4.69, 9.17) is 5.11 Å². The van der Waals surface area contributed by atoms with Crippen LogP contribution < -0.4 is 5.32 Å². The lowest BCUT2D eigenvalue weighted by Crippen LogP contribution is -2.19. The Bertz CT molecular complexity index is 354. The van der Waals surface area contributed by atoms with Crippen molar-refractivity contribution < 1.29 is 5.11 Å². The normalized spacial score (nSPS) is 11.9. The fourth-order valence-corrected chi connectivity index (χ4v) is 2.11. The summed E-state index contributed by atoms with van der Waals surface area (Å²) in [5.74, 6) is 0. The van der Waals surface area contributed by atoms with Crippen LogP contribution >= 0.6 is 0 Å². The Morgan fingerprint density at radius 3 is 2.06 bits per heavy atom. The molecule has 2 N–H and O–H groups in total. The van der Waals surface area contributed by atoms with Crippen LogP contribution in [-0.4, -0.2) is 18.4 Å². The molecule has 0 fully saturated rings. The SMILES string of the molecule is Cc1cc(C(C)(C)C)cc(C)c1CCNCO. The van der Waals surface area contributed by atoms with Crippen molar-refractivity contribution in [2.75, 3.05) is 13.3 Å². The molecule has 0 heterocycles. The summed E-state index contributed by atoms with van der Waals surface area (Å²) in [4.78, 5) is 0. The maximum atomic E-state index is 8.72. The first-order valence-corrected chi connectivity index (χ1v) is 6.28. The van der Waals surface area contributed by atoms with E-state index < -0.39 is 0 Å². The number of benzene rings is 1. The zero-order chi connectivity index (χ0) is 13.1. The first kappa shape index (κ1) is 14.2. The number of nitrogens with one attached hydrogen (secondary N) is 1. The van der Waals surface area contributed by atoms with Crippen molar-refractivity contribution in [3.63, 3.8) is 0 Å². The largest absolute Gasteiger partial charge is 0.381 e. The van der Waals surface area contributed by atoms with Crippen LogP contribution in [0.5, 0.6) is 0 Å². The molecule has 0 amide bonds. The van der Waals surface area contributed by atoms with E-state index in [9.17, 15) is 0 Å². The van der Waals surface area contributed by atoms with Crippen molar-refractivity contribution in [3.8, 4) is 0 Å². The third-order valence-electron chi connectivity index (χ3n) is 3.23. The first-order chi connectivity index (χ1) is 7.86. The van der Waals surface area contributed by atoms with Gasteiger partial charge in [-0.15, -0.1) is 0 Å². The van der Waals surface area contributed by atoms with Crippen LogP contribution in [0.2, 0.25) is 0 Å². The molecule has 0 aliphatic carbocycles. The highest BCUT2D eigenvalue weighted by atomic mass is 16.3. The summed E-state index contributed by atoms with van der Waals surface area (Å²) in [5.41, 5.74) is 5.71. The maximum absolute atomic E-state index is 8.72. The molecule has 0 radical (unpaired) electrons. The predicted molar refractivity (Wildman–Crippen MR) is 73.4 cm³/mol. The van der Waals surface area contributed by atoms with E-state index in [1.807, 2.05) is 0 Å². The van der Waals surface area contributed by atoms with Crippen LogP contribution in [0.15, 0.2) is 12.1 Å². The fraction of sp³-hybridized carbons (Fsp3) is 0.600. The van der Waals surface area contributed by atoms with Crippen LogP contribution in [0.1, 0.15) is 43.0 Å². The average molecular weight is 235 g/mol. The molecule has 0 unspecified atom stereocenters. The van der Waals surface area contributed by atoms with Crippen LogP contribution in [0.4, 0.5) is 0 Å². The van der Waals surface area contributed by atoms with Gasteiger partial charge in [0.15, 0.2) is 0 Å². The van der Waals surface area contributed by atoms with Gasteiger partial charge in [0.25, 0.3) is 0 Å². The summed E-state index contributed by atoms with van der Waals surface area (Å²) in [6, 6.07) is 4.59. The van der Waals surface area contributed by atoms with Gasteiger partial charge in [-0.2, -0.15) is 0 Å². The van der Waals surface area contributed by atoms with E-state index in [0.29, 0.717) is 0 Å². The Labute approximate surface area is 105 Å². The molecule has 96 valence electrons. The highest BCUT2D eigenvalue weighted by Gasteiger charge is 2.15. The second kappa shape index (κ2) is 5.65. The van der Waals surface area contributed by atoms with E-state index in [0.717, 1.165) is 13.0 Å². The number of hydrogen-bond donors (Lipinski definition) is 2. The van der Waals surface area contributed by atoms with E-state index >= 15 is 0 Å². The Morgan fingerprint density at radius 2 is 1.65 bits per heavy atom. The van der Waals surface area contributed by atoms with Crippen molar-refractivity contribution in [1.82, 2.24) is 5.32 Å². The van der Waals surface area contributed by atoms with Crippen molar-refractivity contribution in [2.45, 2.75) is 46.5 Å². The lowest BCUT2D eigenvalue weighted by atomic mass is 9.83. The lowest BCUT2D eigenvalue weighted by molar-refractivity contribution is 0.262. The molecule has 0 bridgehead atoms. The zero-order valence-electron chi connectivity index (χ0n) is 11.7. The number of aliphatic hydroxyl groups is 1. The highest BCUT2D eigenvalue weighted by Crippen LogP contribution is 2.26. The minimum absolute atomic E-state index is 0.0537. The summed E-state index contributed by atoms with van der Waals surface area (Å²) < 4.78 is 0. The molecule has 0 aromatic heterocycles. The third-order valence-corrected chi connectivity index (χ3v) is 3.23. The van der Waals surface area contributed by atoms with E-state index in [1.54, 1.807) is 0 Å². The van der Waals surface area contributed by atoms with Crippen LogP contribution in [0.25, 0.3) is 0 Å². The third kappa shape index (κ3) is 3.83. The second-order valence-electron chi connectivity index (χ2n) is 5.75. The molecule has 17 heavy (non-hydrogen) atoms. The summed E-state index contributed by atoms with van der Waals surface area (Å²) in [6.45, 7) is 12.0. The molecule has 0 atom stereocenters. The molecule has 2 nitrogen and oxygen atoms in total. The molecule has 1 aromatic carbocycles. The molecule has 0 saturated carbocycles. The van der Waals surface area contributed by atoms with Crippen molar-refractivity contribution >= 4 is 0 Å². The van der Waals surface area contributed by atoms with Crippen LogP contribution in [0, 0.1) is 13.8 Å². The van der Waals surface area contributed by atoms with Gasteiger partial charge >= 0.3 is 0 Å². The molecule has 0 aliphatic heterocycles. The molecular weight excluding hydrogens is 210 g/mol. The average Bonchev–Trinajstić information content (AvgIpc) is 2.20. The standard InChI is InChI=1S/C15H25NO/c1-11-8-13(15(3,4)5)9-12(2)14(11)6-7-16-10-17/h8-9,16-17H,6-7,10H2,1-5H3. The monoisotopic (exact) mass is 235 g/mol. The Balaban J connectivity index is 2.95. The second-order valence-corrected chi connectivity index (χ2v) is 5.75. The zero-order valence-corrected chi connectivity index (χ0v) is 11.7. The Morgan fingerprint density at radius 1 is 1.12 bits per heavy atom. The Hall–Kier alpha value is -0.860. The van der Waals surface area contributed by atoms with Crippen molar-refractivity contribution in [3.05, 3.63) is 34.4 Å². The minimum atomic E-state index is 0.0537. The van der Waals surface area contributed by atoms with Crippen LogP contribution in [0.3, 0.4) is 0 Å². The molecule has 1 aromatic rings. The molecule has 0 aliphatic rings. The molecule has 0 spiro atoms. The molecule has 0 saturated heterocycles. The van der Waals surface area contributed by atoms with E-state index in [-0.39, 0.29) is 12.1 Å². The predicted octanol–water partition coefficient (Wildman–Crippen LogP) is 2.68. The number of aryl methyl sites for hydroxylation is 2. The van der Waals surface area contributed by atoms with E-state index in [1.165, 1.54) is 22.3 Å². The lowest BCUT2D eigenvalue weighted by Gasteiger charge is -2.22. The van der Waals surface area contributed by atoms with Gasteiger partial charge in [0.05, 0.1) is 6.73 Å². The van der Waals surface area contributed by atoms with Gasteiger partial charge in [-0.05, 0) is 47.9 Å². The summed E-state index contributed by atoms with van der Waals surface area (Å²) in [6.07, 6.45) is 0.975. The topological polar surface area (TPSA) is 32.3 Å². The van der Waals surface area contributed by atoms with E-state index in [2.05, 4.69) is 52.1 Å². The van der Waals surface area contributed by atoms with Gasteiger partial charge in [0, 0.05) is 6.54 Å². The Kier molecular flexibility index (Phi) is 4.72. The highest BCUT2D eigenvalue weighted by molar-refractivity contribution is 5.40. The van der Waals surface area contributed by atoms with Gasteiger partial charge in [-0.25, -0.2) is 0 Å². The summed E-state index contributed by atoms with van der Waals surface area (Å²) in [5, 5.41) is 11.7.